The maximum atomic E-state index is 13.4. The third kappa shape index (κ3) is 4.70. The number of hydrazone groups is 1. The quantitative estimate of drug-likeness (QED) is 0.331. The molecule has 4 aromatic carbocycles. The smallest absolute Gasteiger partial charge is 0.281 e. The minimum absolute atomic E-state index is 0.180. The molecule has 180 valence electrons. The van der Waals surface area contributed by atoms with Gasteiger partial charge in [0, 0.05) is 37.3 Å². The van der Waals surface area contributed by atoms with Crippen LogP contribution in [0.15, 0.2) is 96.1 Å². The lowest BCUT2D eigenvalue weighted by Crippen LogP contribution is -2.31. The van der Waals surface area contributed by atoms with Crippen LogP contribution in [0.2, 0.25) is 0 Å². The summed E-state index contributed by atoms with van der Waals surface area (Å²) in [5.41, 5.74) is 4.48. The highest BCUT2D eigenvalue weighted by atomic mass is 16.5. The molecule has 6 heteroatoms. The summed E-state index contributed by atoms with van der Waals surface area (Å²) >= 11 is 0. The molecule has 1 aliphatic heterocycles. The second-order valence-electron chi connectivity index (χ2n) is 9.00. The Kier molecular flexibility index (Phi) is 6.50. The number of fused-ring (bicyclic) bond motifs is 1. The van der Waals surface area contributed by atoms with E-state index in [1.165, 1.54) is 0 Å². The van der Waals surface area contributed by atoms with E-state index in [2.05, 4.69) is 48.5 Å². The van der Waals surface area contributed by atoms with Gasteiger partial charge in [-0.1, -0.05) is 66.7 Å². The van der Waals surface area contributed by atoms with Gasteiger partial charge in [0.2, 0.25) is 0 Å². The zero-order valence-corrected chi connectivity index (χ0v) is 20.3. The molecule has 1 amide bonds. The van der Waals surface area contributed by atoms with Crippen LogP contribution in [-0.2, 0) is 4.79 Å². The fourth-order valence-corrected chi connectivity index (χ4v) is 4.52. The molecule has 5 rings (SSSR count). The van der Waals surface area contributed by atoms with Gasteiger partial charge in [-0.05, 0) is 40.6 Å². The number of aldehydes is 1. The third-order valence-corrected chi connectivity index (χ3v) is 6.42. The number of anilines is 1. The first-order chi connectivity index (χ1) is 17.5. The molecular formula is C30H27N3O3. The fraction of sp³-hybridized carbons (Fsp3) is 0.167. The van der Waals surface area contributed by atoms with Crippen molar-refractivity contribution in [1.29, 1.82) is 0 Å². The molecule has 0 saturated carbocycles. The van der Waals surface area contributed by atoms with Crippen molar-refractivity contribution in [3.05, 3.63) is 108 Å². The zero-order chi connectivity index (χ0) is 25.1. The van der Waals surface area contributed by atoms with E-state index in [1.807, 2.05) is 37.2 Å². The van der Waals surface area contributed by atoms with E-state index in [1.54, 1.807) is 29.3 Å². The molecule has 0 N–H and O–H groups in total. The lowest BCUT2D eigenvalue weighted by Gasteiger charge is -2.23. The molecular weight excluding hydrogens is 450 g/mol. The van der Waals surface area contributed by atoms with Crippen molar-refractivity contribution in [2.75, 3.05) is 25.6 Å². The van der Waals surface area contributed by atoms with Gasteiger partial charge in [-0.2, -0.15) is 5.10 Å². The molecule has 0 saturated heterocycles. The number of nitrogens with zero attached hydrogens (tertiary/aromatic N) is 3. The van der Waals surface area contributed by atoms with Gasteiger partial charge in [0.25, 0.3) is 5.91 Å². The van der Waals surface area contributed by atoms with E-state index in [9.17, 15) is 9.59 Å². The van der Waals surface area contributed by atoms with Crippen molar-refractivity contribution >= 4 is 34.4 Å². The van der Waals surface area contributed by atoms with Crippen LogP contribution >= 0.6 is 0 Å². The molecule has 0 aromatic heterocycles. The van der Waals surface area contributed by atoms with Crippen LogP contribution in [0, 0.1) is 0 Å². The van der Waals surface area contributed by atoms with Crippen molar-refractivity contribution in [2.24, 2.45) is 5.10 Å². The lowest BCUT2D eigenvalue weighted by molar-refractivity contribution is -0.135. The molecule has 0 spiro atoms. The molecule has 0 fully saturated rings. The van der Waals surface area contributed by atoms with Gasteiger partial charge in [-0.3, -0.25) is 9.59 Å². The first-order valence-corrected chi connectivity index (χ1v) is 11.9. The minimum Gasteiger partial charge on any atom is -0.484 e. The summed E-state index contributed by atoms with van der Waals surface area (Å²) in [5.74, 6) is 0.223. The number of hydrogen-bond acceptors (Lipinski definition) is 5. The van der Waals surface area contributed by atoms with Crippen molar-refractivity contribution in [1.82, 2.24) is 5.01 Å². The van der Waals surface area contributed by atoms with Gasteiger partial charge in [0.05, 0.1) is 11.8 Å². The second kappa shape index (κ2) is 10.0. The van der Waals surface area contributed by atoms with Crippen LogP contribution in [0.3, 0.4) is 0 Å². The Morgan fingerprint density at radius 1 is 1.00 bits per heavy atom. The van der Waals surface area contributed by atoms with Gasteiger partial charge in [-0.25, -0.2) is 5.01 Å². The van der Waals surface area contributed by atoms with E-state index in [0.717, 1.165) is 39.6 Å². The molecule has 0 bridgehead atoms. The number of amides is 1. The largest absolute Gasteiger partial charge is 0.484 e. The topological polar surface area (TPSA) is 62.2 Å². The first-order valence-electron chi connectivity index (χ1n) is 11.9. The van der Waals surface area contributed by atoms with Crippen LogP contribution in [-0.4, -0.2) is 43.6 Å². The number of ether oxygens (including phenoxy) is 1. The Morgan fingerprint density at radius 3 is 2.53 bits per heavy atom. The SMILES string of the molecule is CN(C)c1ccc(C2CC(c3cccc4ccccc34)=NN2C(=O)COc2cccc(C=O)c2)cc1. The monoisotopic (exact) mass is 477 g/mol. The Labute approximate surface area is 210 Å². The first kappa shape index (κ1) is 23.3. The van der Waals surface area contributed by atoms with Crippen LogP contribution in [0.25, 0.3) is 10.8 Å². The third-order valence-electron chi connectivity index (χ3n) is 6.42. The Hall–Kier alpha value is -4.45. The highest BCUT2D eigenvalue weighted by Gasteiger charge is 2.33. The maximum Gasteiger partial charge on any atom is 0.281 e. The summed E-state index contributed by atoms with van der Waals surface area (Å²) in [6.45, 7) is -0.180. The minimum atomic E-state index is -0.247. The van der Waals surface area contributed by atoms with Crippen molar-refractivity contribution in [3.63, 3.8) is 0 Å². The van der Waals surface area contributed by atoms with Gasteiger partial charge >= 0.3 is 0 Å². The van der Waals surface area contributed by atoms with E-state index in [4.69, 9.17) is 9.84 Å². The van der Waals surface area contributed by atoms with E-state index in [0.29, 0.717) is 17.7 Å². The Bertz CT molecular complexity index is 1440. The number of rotatable bonds is 7. The van der Waals surface area contributed by atoms with E-state index in [-0.39, 0.29) is 18.6 Å². The number of benzene rings is 4. The normalized spacial score (nSPS) is 15.0. The predicted molar refractivity (Wildman–Crippen MR) is 143 cm³/mol. The summed E-state index contributed by atoms with van der Waals surface area (Å²) in [6.07, 6.45) is 1.35. The van der Waals surface area contributed by atoms with Gasteiger partial charge < -0.3 is 9.64 Å². The van der Waals surface area contributed by atoms with Gasteiger partial charge in [-0.15, -0.1) is 0 Å². The average molecular weight is 478 g/mol. The standard InChI is InChI=1S/C30H27N3O3/c1-32(2)24-15-13-23(14-16-24)29-18-28(27-12-6-9-22-8-3-4-11-26(22)27)31-33(29)30(35)20-36-25-10-5-7-21(17-25)19-34/h3-17,19,29H,18,20H2,1-2H3. The molecule has 36 heavy (non-hydrogen) atoms. The maximum absolute atomic E-state index is 13.4. The number of carbonyl (C=O) groups excluding carboxylic acids is 2. The van der Waals surface area contributed by atoms with Gasteiger partial charge in [0.15, 0.2) is 6.61 Å². The molecule has 0 aliphatic carbocycles. The fourth-order valence-electron chi connectivity index (χ4n) is 4.52. The van der Waals surface area contributed by atoms with Crippen LogP contribution in [0.1, 0.15) is 33.9 Å². The van der Waals surface area contributed by atoms with Crippen LogP contribution < -0.4 is 9.64 Å². The summed E-state index contributed by atoms with van der Waals surface area (Å²) < 4.78 is 5.74. The number of hydrogen-bond donors (Lipinski definition) is 0. The zero-order valence-electron chi connectivity index (χ0n) is 20.3. The molecule has 0 radical (unpaired) electrons. The summed E-state index contributed by atoms with van der Waals surface area (Å²) in [6, 6.07) is 29.1. The number of carbonyl (C=O) groups is 2. The van der Waals surface area contributed by atoms with Gasteiger partial charge in [0.1, 0.15) is 12.0 Å². The summed E-state index contributed by atoms with van der Waals surface area (Å²) in [5, 5.41) is 8.61. The predicted octanol–water partition coefficient (Wildman–Crippen LogP) is 5.48. The summed E-state index contributed by atoms with van der Waals surface area (Å²) in [4.78, 5) is 26.5. The highest BCUT2D eigenvalue weighted by molar-refractivity contribution is 6.12. The average Bonchev–Trinajstić information content (AvgIpc) is 3.37. The van der Waals surface area contributed by atoms with Crippen LogP contribution in [0.5, 0.6) is 5.75 Å². The molecule has 1 aliphatic rings. The molecule has 1 heterocycles. The second-order valence-corrected chi connectivity index (χ2v) is 9.00. The molecule has 6 nitrogen and oxygen atoms in total. The molecule has 1 atom stereocenters. The van der Waals surface area contributed by atoms with E-state index >= 15 is 0 Å². The Morgan fingerprint density at radius 2 is 1.75 bits per heavy atom. The van der Waals surface area contributed by atoms with Crippen molar-refractivity contribution < 1.29 is 14.3 Å². The van der Waals surface area contributed by atoms with Crippen molar-refractivity contribution in [3.8, 4) is 5.75 Å². The molecule has 1 unspecified atom stereocenters. The molecule has 4 aromatic rings. The van der Waals surface area contributed by atoms with E-state index < -0.39 is 0 Å². The Balaban J connectivity index is 1.46. The van der Waals surface area contributed by atoms with Crippen LogP contribution in [0.4, 0.5) is 5.69 Å². The lowest BCUT2D eigenvalue weighted by atomic mass is 9.95. The highest BCUT2D eigenvalue weighted by Crippen LogP contribution is 2.35. The van der Waals surface area contributed by atoms with Crippen molar-refractivity contribution in [2.45, 2.75) is 12.5 Å². The summed E-state index contributed by atoms with van der Waals surface area (Å²) in [7, 11) is 4.00.